The van der Waals surface area contributed by atoms with Crippen molar-refractivity contribution in [2.24, 2.45) is 0 Å². The van der Waals surface area contributed by atoms with E-state index in [4.69, 9.17) is 14.2 Å². The highest BCUT2D eigenvalue weighted by molar-refractivity contribution is 6.17. The van der Waals surface area contributed by atoms with E-state index in [1.807, 2.05) is 48.5 Å². The number of hydrogen-bond donors (Lipinski definition) is 0. The molecule has 0 aliphatic rings. The SMILES string of the molecule is COc1cc(C(=O)c2cccc3nc4ccccc4cc23)cc(OC)c1OC. The van der Waals surface area contributed by atoms with E-state index in [0.29, 0.717) is 28.4 Å². The van der Waals surface area contributed by atoms with Gasteiger partial charge in [-0.3, -0.25) is 4.79 Å². The third-order valence-corrected chi connectivity index (χ3v) is 4.73. The molecule has 0 aliphatic heterocycles. The fraction of sp³-hybridized carbons (Fsp3) is 0.130. The Morgan fingerprint density at radius 2 is 1.46 bits per heavy atom. The van der Waals surface area contributed by atoms with Crippen LogP contribution in [-0.2, 0) is 0 Å². The predicted molar refractivity (Wildman–Crippen MR) is 109 cm³/mol. The normalized spacial score (nSPS) is 10.8. The molecule has 5 nitrogen and oxygen atoms in total. The quantitative estimate of drug-likeness (QED) is 0.377. The van der Waals surface area contributed by atoms with Gasteiger partial charge in [0.1, 0.15) is 0 Å². The summed E-state index contributed by atoms with van der Waals surface area (Å²) in [5.41, 5.74) is 2.70. The molecule has 0 N–H and O–H groups in total. The predicted octanol–water partition coefficient (Wildman–Crippen LogP) is 4.64. The van der Waals surface area contributed by atoms with Crippen molar-refractivity contribution in [3.63, 3.8) is 0 Å². The average Bonchev–Trinajstić information content (AvgIpc) is 2.75. The maximum atomic E-state index is 13.4. The molecule has 5 heteroatoms. The summed E-state index contributed by atoms with van der Waals surface area (Å²) in [7, 11) is 4.59. The van der Waals surface area contributed by atoms with Gasteiger partial charge >= 0.3 is 0 Å². The number of aromatic nitrogens is 1. The highest BCUT2D eigenvalue weighted by Crippen LogP contribution is 2.39. The minimum Gasteiger partial charge on any atom is -0.493 e. The van der Waals surface area contributed by atoms with Gasteiger partial charge in [0.05, 0.1) is 32.4 Å². The number of carbonyl (C=O) groups excluding carboxylic acids is 1. The molecule has 0 unspecified atom stereocenters. The van der Waals surface area contributed by atoms with Gasteiger partial charge in [-0.1, -0.05) is 30.3 Å². The molecule has 0 atom stereocenters. The molecule has 28 heavy (non-hydrogen) atoms. The Bertz CT molecular complexity index is 1170. The van der Waals surface area contributed by atoms with Gasteiger partial charge in [-0.05, 0) is 30.3 Å². The van der Waals surface area contributed by atoms with E-state index < -0.39 is 0 Å². The van der Waals surface area contributed by atoms with E-state index in [9.17, 15) is 4.79 Å². The fourth-order valence-electron chi connectivity index (χ4n) is 3.36. The second-order valence-corrected chi connectivity index (χ2v) is 6.30. The van der Waals surface area contributed by atoms with Crippen LogP contribution in [0.2, 0.25) is 0 Å². The van der Waals surface area contributed by atoms with E-state index in [1.54, 1.807) is 12.1 Å². The number of benzene rings is 3. The van der Waals surface area contributed by atoms with Gasteiger partial charge < -0.3 is 14.2 Å². The topological polar surface area (TPSA) is 57.7 Å². The molecule has 0 saturated heterocycles. The number of ether oxygens (including phenoxy) is 3. The van der Waals surface area contributed by atoms with Crippen molar-refractivity contribution < 1.29 is 19.0 Å². The molecule has 0 aliphatic carbocycles. The lowest BCUT2D eigenvalue weighted by molar-refractivity contribution is 0.103. The molecular formula is C23H19NO4. The molecular weight excluding hydrogens is 354 g/mol. The summed E-state index contributed by atoms with van der Waals surface area (Å²) in [6.07, 6.45) is 0. The van der Waals surface area contributed by atoms with Crippen molar-refractivity contribution in [1.82, 2.24) is 4.98 Å². The lowest BCUT2D eigenvalue weighted by Crippen LogP contribution is -2.05. The van der Waals surface area contributed by atoms with Crippen LogP contribution in [-0.4, -0.2) is 32.1 Å². The van der Waals surface area contributed by atoms with E-state index in [0.717, 1.165) is 21.8 Å². The largest absolute Gasteiger partial charge is 0.493 e. The van der Waals surface area contributed by atoms with Gasteiger partial charge in [-0.2, -0.15) is 0 Å². The van der Waals surface area contributed by atoms with Gasteiger partial charge in [0.2, 0.25) is 5.75 Å². The second-order valence-electron chi connectivity index (χ2n) is 6.30. The molecule has 0 fully saturated rings. The zero-order valence-corrected chi connectivity index (χ0v) is 15.9. The van der Waals surface area contributed by atoms with Crippen LogP contribution in [0.25, 0.3) is 21.8 Å². The number of fused-ring (bicyclic) bond motifs is 2. The summed E-state index contributed by atoms with van der Waals surface area (Å²) in [5.74, 6) is 1.19. The van der Waals surface area contributed by atoms with Gasteiger partial charge in [0.15, 0.2) is 17.3 Å². The molecule has 4 rings (SSSR count). The van der Waals surface area contributed by atoms with Crippen LogP contribution in [0, 0.1) is 0 Å². The highest BCUT2D eigenvalue weighted by atomic mass is 16.5. The lowest BCUT2D eigenvalue weighted by Gasteiger charge is -2.14. The van der Waals surface area contributed by atoms with Crippen molar-refractivity contribution in [1.29, 1.82) is 0 Å². The van der Waals surface area contributed by atoms with E-state index in [-0.39, 0.29) is 5.78 Å². The molecule has 0 bridgehead atoms. The highest BCUT2D eigenvalue weighted by Gasteiger charge is 2.19. The lowest BCUT2D eigenvalue weighted by atomic mass is 9.97. The van der Waals surface area contributed by atoms with E-state index >= 15 is 0 Å². The molecule has 1 aromatic heterocycles. The molecule has 140 valence electrons. The second kappa shape index (κ2) is 7.19. The van der Waals surface area contributed by atoms with Gasteiger partial charge in [0, 0.05) is 21.9 Å². The Morgan fingerprint density at radius 1 is 0.786 bits per heavy atom. The van der Waals surface area contributed by atoms with Crippen LogP contribution in [0.1, 0.15) is 15.9 Å². The molecule has 1 heterocycles. The summed E-state index contributed by atoms with van der Waals surface area (Å²) >= 11 is 0. The third-order valence-electron chi connectivity index (χ3n) is 4.73. The number of methoxy groups -OCH3 is 3. The minimum absolute atomic E-state index is 0.137. The Labute approximate surface area is 162 Å². The van der Waals surface area contributed by atoms with Crippen molar-refractivity contribution in [3.8, 4) is 17.2 Å². The summed E-state index contributed by atoms with van der Waals surface area (Å²) < 4.78 is 16.1. The molecule has 0 radical (unpaired) electrons. The zero-order valence-electron chi connectivity index (χ0n) is 15.9. The van der Waals surface area contributed by atoms with E-state index in [2.05, 4.69) is 4.98 Å². The number of hydrogen-bond acceptors (Lipinski definition) is 5. The first kappa shape index (κ1) is 17.8. The maximum Gasteiger partial charge on any atom is 0.203 e. The van der Waals surface area contributed by atoms with Gasteiger partial charge in [-0.25, -0.2) is 4.98 Å². The number of pyridine rings is 1. The smallest absolute Gasteiger partial charge is 0.203 e. The minimum atomic E-state index is -0.137. The van der Waals surface area contributed by atoms with Crippen LogP contribution >= 0.6 is 0 Å². The number of para-hydroxylation sites is 1. The molecule has 4 aromatic rings. The van der Waals surface area contributed by atoms with E-state index in [1.165, 1.54) is 21.3 Å². The Balaban J connectivity index is 1.91. The first-order chi connectivity index (χ1) is 13.7. The summed E-state index contributed by atoms with van der Waals surface area (Å²) in [4.78, 5) is 18.0. The molecule has 0 saturated carbocycles. The van der Waals surface area contributed by atoms with Gasteiger partial charge in [0.25, 0.3) is 0 Å². The first-order valence-corrected chi connectivity index (χ1v) is 8.79. The van der Waals surface area contributed by atoms with Crippen LogP contribution in [0.5, 0.6) is 17.2 Å². The van der Waals surface area contributed by atoms with Gasteiger partial charge in [-0.15, -0.1) is 0 Å². The van der Waals surface area contributed by atoms with Crippen molar-refractivity contribution >= 4 is 27.6 Å². The number of nitrogens with zero attached hydrogens (tertiary/aromatic N) is 1. The Hall–Kier alpha value is -3.60. The summed E-state index contributed by atoms with van der Waals surface area (Å²) in [6.45, 7) is 0. The van der Waals surface area contributed by atoms with Crippen LogP contribution < -0.4 is 14.2 Å². The van der Waals surface area contributed by atoms with Crippen molar-refractivity contribution in [2.75, 3.05) is 21.3 Å². The van der Waals surface area contributed by atoms with Crippen LogP contribution in [0.15, 0.2) is 60.7 Å². The van der Waals surface area contributed by atoms with Crippen molar-refractivity contribution in [2.45, 2.75) is 0 Å². The number of rotatable bonds is 5. The Kier molecular flexibility index (Phi) is 4.57. The standard InChI is InChI=1S/C23H19NO4/c1-26-20-12-15(13-21(27-2)23(20)28-3)22(25)16-8-6-10-19-17(16)11-14-7-4-5-9-18(14)24-19/h4-13H,1-3H3. The van der Waals surface area contributed by atoms with Crippen LogP contribution in [0.4, 0.5) is 0 Å². The third kappa shape index (κ3) is 2.91. The van der Waals surface area contributed by atoms with Crippen molar-refractivity contribution in [3.05, 3.63) is 71.8 Å². The summed E-state index contributed by atoms with van der Waals surface area (Å²) in [5, 5.41) is 1.79. The monoisotopic (exact) mass is 373 g/mol. The number of ketones is 1. The zero-order chi connectivity index (χ0) is 19.7. The number of carbonyl (C=O) groups is 1. The summed E-state index contributed by atoms with van der Waals surface area (Å²) in [6, 6.07) is 18.8. The maximum absolute atomic E-state index is 13.4. The average molecular weight is 373 g/mol. The molecule has 0 spiro atoms. The first-order valence-electron chi connectivity index (χ1n) is 8.79. The Morgan fingerprint density at radius 3 is 2.14 bits per heavy atom. The molecule has 0 amide bonds. The van der Waals surface area contributed by atoms with Crippen LogP contribution in [0.3, 0.4) is 0 Å². The molecule has 3 aromatic carbocycles. The fourth-order valence-corrected chi connectivity index (χ4v) is 3.36.